The lowest BCUT2D eigenvalue weighted by Gasteiger charge is -2.09. The van der Waals surface area contributed by atoms with E-state index in [9.17, 15) is 9.59 Å². The van der Waals surface area contributed by atoms with Gasteiger partial charge < -0.3 is 10.1 Å². The van der Waals surface area contributed by atoms with E-state index >= 15 is 0 Å². The Balaban J connectivity index is 1.99. The van der Waals surface area contributed by atoms with Gasteiger partial charge in [-0.25, -0.2) is 9.48 Å². The fraction of sp³-hybridized carbons (Fsp3) is 0.286. The minimum absolute atomic E-state index is 0.154. The van der Waals surface area contributed by atoms with Crippen molar-refractivity contribution in [3.05, 3.63) is 47.8 Å². The highest BCUT2D eigenvalue weighted by Crippen LogP contribution is 2.02. The van der Waals surface area contributed by atoms with Gasteiger partial charge in [-0.2, -0.15) is 0 Å². The minimum Gasteiger partial charge on any atom is -0.467 e. The highest BCUT2D eigenvalue weighted by atomic mass is 16.5. The van der Waals surface area contributed by atoms with Gasteiger partial charge in [0.15, 0.2) is 5.69 Å². The van der Waals surface area contributed by atoms with E-state index in [1.807, 2.05) is 30.3 Å². The largest absolute Gasteiger partial charge is 0.467 e. The minimum atomic E-state index is -0.734. The fourth-order valence-corrected chi connectivity index (χ4v) is 1.76. The van der Waals surface area contributed by atoms with Crippen LogP contribution < -0.4 is 5.32 Å². The molecule has 1 heterocycles. The number of hydrogen-bond donors (Lipinski definition) is 1. The van der Waals surface area contributed by atoms with Crippen LogP contribution in [0.2, 0.25) is 0 Å². The second-order valence-electron chi connectivity index (χ2n) is 4.51. The van der Waals surface area contributed by atoms with Gasteiger partial charge in [-0.1, -0.05) is 35.5 Å². The van der Waals surface area contributed by atoms with Crippen molar-refractivity contribution in [1.82, 2.24) is 20.3 Å². The smallest absolute Gasteiger partial charge is 0.328 e. The van der Waals surface area contributed by atoms with Gasteiger partial charge in [-0.15, -0.1) is 5.10 Å². The summed E-state index contributed by atoms with van der Waals surface area (Å²) in [4.78, 5) is 23.2. The number of nitrogens with zero attached hydrogens (tertiary/aromatic N) is 3. The summed E-state index contributed by atoms with van der Waals surface area (Å²) in [5.41, 5.74) is 1.21. The van der Waals surface area contributed by atoms with Crippen LogP contribution >= 0.6 is 0 Å². The van der Waals surface area contributed by atoms with Crippen molar-refractivity contribution in [2.45, 2.75) is 19.5 Å². The van der Waals surface area contributed by atoms with Crippen molar-refractivity contribution < 1.29 is 14.3 Å². The number of nitrogens with one attached hydrogen (secondary N) is 1. The Morgan fingerprint density at radius 2 is 2.05 bits per heavy atom. The predicted octanol–water partition coefficient (Wildman–Crippen LogP) is 0.618. The summed E-state index contributed by atoms with van der Waals surface area (Å²) in [5, 5.41) is 10.2. The molecule has 1 atom stereocenters. The first-order valence-corrected chi connectivity index (χ1v) is 6.43. The van der Waals surface area contributed by atoms with Crippen molar-refractivity contribution in [2.24, 2.45) is 0 Å². The number of amides is 1. The molecule has 0 aliphatic rings. The maximum absolute atomic E-state index is 11.9. The van der Waals surface area contributed by atoms with Gasteiger partial charge in [0.1, 0.15) is 6.04 Å². The number of rotatable bonds is 5. The molecule has 21 heavy (non-hydrogen) atoms. The first-order chi connectivity index (χ1) is 10.1. The van der Waals surface area contributed by atoms with E-state index in [1.54, 1.807) is 4.68 Å². The van der Waals surface area contributed by atoms with Crippen LogP contribution in [0.25, 0.3) is 0 Å². The van der Waals surface area contributed by atoms with Crippen LogP contribution in [-0.2, 0) is 16.1 Å². The summed E-state index contributed by atoms with van der Waals surface area (Å²) >= 11 is 0. The number of methoxy groups -OCH3 is 1. The summed E-state index contributed by atoms with van der Waals surface area (Å²) in [6.45, 7) is 2.06. The zero-order valence-corrected chi connectivity index (χ0v) is 11.8. The van der Waals surface area contributed by atoms with E-state index in [2.05, 4.69) is 20.4 Å². The van der Waals surface area contributed by atoms with Crippen molar-refractivity contribution in [3.63, 3.8) is 0 Å². The molecule has 1 N–H and O–H groups in total. The molecule has 1 aromatic carbocycles. The molecule has 0 aliphatic carbocycles. The van der Waals surface area contributed by atoms with Gasteiger partial charge in [0.25, 0.3) is 5.91 Å². The lowest BCUT2D eigenvalue weighted by molar-refractivity contribution is -0.142. The molecule has 7 heteroatoms. The Bertz CT molecular complexity index is 624. The number of carbonyl (C=O) groups is 2. The first-order valence-electron chi connectivity index (χ1n) is 6.43. The summed E-state index contributed by atoms with van der Waals surface area (Å²) in [6.07, 6.45) is 1.53. The lowest BCUT2D eigenvalue weighted by atomic mass is 10.2. The van der Waals surface area contributed by atoms with Gasteiger partial charge in [0, 0.05) is 0 Å². The third kappa shape index (κ3) is 3.88. The molecule has 0 radical (unpaired) electrons. The SMILES string of the molecule is COC(=O)[C@H](C)NC(=O)c1cn(Cc2ccccc2)nn1. The van der Waals surface area contributed by atoms with E-state index in [4.69, 9.17) is 0 Å². The Morgan fingerprint density at radius 3 is 2.71 bits per heavy atom. The Kier molecular flexibility index (Phi) is 4.65. The van der Waals surface area contributed by atoms with Crippen molar-refractivity contribution in [3.8, 4) is 0 Å². The third-order valence-electron chi connectivity index (χ3n) is 2.86. The number of aromatic nitrogens is 3. The van der Waals surface area contributed by atoms with E-state index in [0.29, 0.717) is 6.54 Å². The molecule has 0 unspecified atom stereocenters. The van der Waals surface area contributed by atoms with E-state index in [1.165, 1.54) is 20.2 Å². The molecule has 0 bridgehead atoms. The second-order valence-corrected chi connectivity index (χ2v) is 4.51. The van der Waals surface area contributed by atoms with Crippen LogP contribution in [0.15, 0.2) is 36.5 Å². The van der Waals surface area contributed by atoms with Crippen LogP contribution in [0, 0.1) is 0 Å². The van der Waals surface area contributed by atoms with Gasteiger partial charge in [0.05, 0.1) is 19.9 Å². The van der Waals surface area contributed by atoms with Gasteiger partial charge in [0.2, 0.25) is 0 Å². The fourth-order valence-electron chi connectivity index (χ4n) is 1.76. The van der Waals surface area contributed by atoms with Crippen LogP contribution in [0.4, 0.5) is 0 Å². The maximum Gasteiger partial charge on any atom is 0.328 e. The number of ether oxygens (including phenoxy) is 1. The molecule has 0 saturated carbocycles. The molecular formula is C14H16N4O3. The van der Waals surface area contributed by atoms with Crippen LogP contribution in [0.3, 0.4) is 0 Å². The summed E-state index contributed by atoms with van der Waals surface area (Å²) in [6, 6.07) is 8.97. The van der Waals surface area contributed by atoms with Gasteiger partial charge in [-0.05, 0) is 12.5 Å². The normalized spacial score (nSPS) is 11.7. The van der Waals surface area contributed by atoms with Crippen LogP contribution in [-0.4, -0.2) is 40.0 Å². The average molecular weight is 288 g/mol. The van der Waals surface area contributed by atoms with Crippen molar-refractivity contribution >= 4 is 11.9 Å². The zero-order valence-electron chi connectivity index (χ0n) is 11.8. The first kappa shape index (κ1) is 14.7. The average Bonchev–Trinajstić information content (AvgIpc) is 2.96. The molecule has 0 spiro atoms. The topological polar surface area (TPSA) is 86.1 Å². The molecule has 7 nitrogen and oxygen atoms in total. The molecule has 2 rings (SSSR count). The van der Waals surface area contributed by atoms with Gasteiger partial charge >= 0.3 is 5.97 Å². The molecule has 2 aromatic rings. The van der Waals surface area contributed by atoms with E-state index < -0.39 is 17.9 Å². The summed E-state index contributed by atoms with van der Waals surface area (Å²) in [5.74, 6) is -0.979. The monoisotopic (exact) mass is 288 g/mol. The molecule has 1 amide bonds. The van der Waals surface area contributed by atoms with Crippen molar-refractivity contribution in [1.29, 1.82) is 0 Å². The lowest BCUT2D eigenvalue weighted by Crippen LogP contribution is -2.39. The Morgan fingerprint density at radius 1 is 1.33 bits per heavy atom. The molecule has 110 valence electrons. The highest BCUT2D eigenvalue weighted by molar-refractivity contribution is 5.94. The summed E-state index contributed by atoms with van der Waals surface area (Å²) in [7, 11) is 1.27. The number of hydrogen-bond acceptors (Lipinski definition) is 5. The quantitative estimate of drug-likeness (QED) is 0.815. The maximum atomic E-state index is 11.9. The second kappa shape index (κ2) is 6.65. The van der Waals surface area contributed by atoms with E-state index in [-0.39, 0.29) is 5.69 Å². The molecule has 0 aliphatic heterocycles. The molecule has 0 fully saturated rings. The predicted molar refractivity (Wildman–Crippen MR) is 74.5 cm³/mol. The zero-order chi connectivity index (χ0) is 15.2. The van der Waals surface area contributed by atoms with Crippen LogP contribution in [0.1, 0.15) is 23.0 Å². The third-order valence-corrected chi connectivity index (χ3v) is 2.86. The standard InChI is InChI=1S/C14H16N4O3/c1-10(14(20)21-2)15-13(19)12-9-18(17-16-12)8-11-6-4-3-5-7-11/h3-7,9-10H,8H2,1-2H3,(H,15,19)/t10-/m0/s1. The number of esters is 1. The molecular weight excluding hydrogens is 272 g/mol. The highest BCUT2D eigenvalue weighted by Gasteiger charge is 2.18. The Hall–Kier alpha value is -2.70. The number of carbonyl (C=O) groups excluding carboxylic acids is 2. The summed E-state index contributed by atoms with van der Waals surface area (Å²) < 4.78 is 6.10. The van der Waals surface area contributed by atoms with Crippen LogP contribution in [0.5, 0.6) is 0 Å². The Labute approximate surface area is 121 Å². The van der Waals surface area contributed by atoms with Crippen molar-refractivity contribution in [2.75, 3.05) is 7.11 Å². The van der Waals surface area contributed by atoms with E-state index in [0.717, 1.165) is 5.56 Å². The molecule has 0 saturated heterocycles. The van der Waals surface area contributed by atoms with Gasteiger partial charge in [-0.3, -0.25) is 4.79 Å². The number of benzene rings is 1. The molecule has 1 aromatic heterocycles.